The van der Waals surface area contributed by atoms with Crippen molar-refractivity contribution in [3.05, 3.63) is 33.3 Å². The summed E-state index contributed by atoms with van der Waals surface area (Å²) in [5.41, 5.74) is 1.17. The molecule has 0 unspecified atom stereocenters. The zero-order chi connectivity index (χ0) is 14.0. The van der Waals surface area contributed by atoms with Crippen LogP contribution in [0.25, 0.3) is 0 Å². The van der Waals surface area contributed by atoms with Gasteiger partial charge >= 0.3 is 5.69 Å². The fourth-order valence-electron chi connectivity index (χ4n) is 1.87. The molecule has 102 valence electrons. The van der Waals surface area contributed by atoms with Crippen molar-refractivity contribution in [2.45, 2.75) is 26.8 Å². The van der Waals surface area contributed by atoms with E-state index in [0.29, 0.717) is 35.9 Å². The first-order valence-corrected chi connectivity index (χ1v) is 5.89. The van der Waals surface area contributed by atoms with E-state index in [9.17, 15) is 10.1 Å². The average Bonchev–Trinajstić information content (AvgIpc) is 2.90. The topological polar surface area (TPSA) is 99.0 Å². The molecule has 0 spiro atoms. The van der Waals surface area contributed by atoms with Crippen molar-refractivity contribution in [1.29, 1.82) is 0 Å². The van der Waals surface area contributed by atoms with E-state index in [4.69, 9.17) is 4.52 Å². The Morgan fingerprint density at radius 1 is 1.58 bits per heavy atom. The van der Waals surface area contributed by atoms with Gasteiger partial charge in [-0.05, 0) is 13.3 Å². The maximum absolute atomic E-state index is 11.1. The Balaban J connectivity index is 2.24. The Bertz CT molecular complexity index is 601. The molecule has 0 aliphatic carbocycles. The van der Waals surface area contributed by atoms with Crippen LogP contribution in [0, 0.1) is 17.0 Å². The van der Waals surface area contributed by atoms with Crippen LogP contribution < -0.4 is 5.32 Å². The molecule has 2 rings (SSSR count). The van der Waals surface area contributed by atoms with E-state index in [1.165, 1.54) is 4.68 Å². The molecule has 0 atom stereocenters. The van der Waals surface area contributed by atoms with Crippen LogP contribution in [0.3, 0.4) is 0 Å². The molecule has 8 heteroatoms. The van der Waals surface area contributed by atoms with Crippen molar-refractivity contribution >= 4 is 11.5 Å². The van der Waals surface area contributed by atoms with Crippen LogP contribution in [-0.4, -0.2) is 19.9 Å². The molecule has 0 aliphatic heterocycles. The van der Waals surface area contributed by atoms with E-state index in [1.54, 1.807) is 20.0 Å². The number of nitrogens with one attached hydrogen (secondary N) is 1. The molecule has 0 fully saturated rings. The number of rotatable bonds is 5. The molecule has 0 saturated heterocycles. The molecule has 19 heavy (non-hydrogen) atoms. The maximum Gasteiger partial charge on any atom is 0.333 e. The summed E-state index contributed by atoms with van der Waals surface area (Å²) in [5, 5.41) is 22.1. The van der Waals surface area contributed by atoms with Crippen molar-refractivity contribution in [2.75, 3.05) is 5.32 Å². The third-order valence-electron chi connectivity index (χ3n) is 2.72. The molecule has 0 saturated carbocycles. The zero-order valence-electron chi connectivity index (χ0n) is 11.0. The van der Waals surface area contributed by atoms with Crippen molar-refractivity contribution in [3.63, 3.8) is 0 Å². The van der Waals surface area contributed by atoms with Gasteiger partial charge in [0.1, 0.15) is 17.1 Å². The molecule has 2 aromatic heterocycles. The van der Waals surface area contributed by atoms with Gasteiger partial charge in [-0.15, -0.1) is 0 Å². The highest BCUT2D eigenvalue weighted by atomic mass is 16.6. The highest BCUT2D eigenvalue weighted by Gasteiger charge is 2.25. The largest absolute Gasteiger partial charge is 0.361 e. The van der Waals surface area contributed by atoms with Crippen LogP contribution in [0.15, 0.2) is 10.6 Å². The average molecular weight is 265 g/mol. The van der Waals surface area contributed by atoms with Gasteiger partial charge in [0.2, 0.25) is 5.82 Å². The van der Waals surface area contributed by atoms with E-state index >= 15 is 0 Å². The van der Waals surface area contributed by atoms with E-state index in [1.807, 2.05) is 6.92 Å². The zero-order valence-corrected chi connectivity index (χ0v) is 11.0. The first-order valence-electron chi connectivity index (χ1n) is 5.89. The van der Waals surface area contributed by atoms with Crippen molar-refractivity contribution in [1.82, 2.24) is 14.9 Å². The highest BCUT2D eigenvalue weighted by molar-refractivity contribution is 5.59. The van der Waals surface area contributed by atoms with Crippen LogP contribution >= 0.6 is 0 Å². The van der Waals surface area contributed by atoms with E-state index in [2.05, 4.69) is 15.6 Å². The Labute approximate surface area is 109 Å². The number of hydrogen-bond acceptors (Lipinski definition) is 6. The lowest BCUT2D eigenvalue weighted by Crippen LogP contribution is -2.06. The number of aromatic nitrogens is 3. The van der Waals surface area contributed by atoms with Gasteiger partial charge < -0.3 is 9.84 Å². The molecule has 0 aromatic carbocycles. The molecule has 0 aliphatic rings. The lowest BCUT2D eigenvalue weighted by Gasteiger charge is -2.03. The van der Waals surface area contributed by atoms with Gasteiger partial charge in [-0.2, -0.15) is 5.10 Å². The summed E-state index contributed by atoms with van der Waals surface area (Å²) in [6.45, 7) is 3.97. The van der Waals surface area contributed by atoms with Gasteiger partial charge in [0.15, 0.2) is 0 Å². The summed E-state index contributed by atoms with van der Waals surface area (Å²) in [5.74, 6) is 1.08. The summed E-state index contributed by atoms with van der Waals surface area (Å²) >= 11 is 0. The van der Waals surface area contributed by atoms with Crippen LogP contribution in [0.4, 0.5) is 11.5 Å². The van der Waals surface area contributed by atoms with E-state index in [-0.39, 0.29) is 5.69 Å². The Morgan fingerprint density at radius 2 is 2.32 bits per heavy atom. The Hall–Kier alpha value is -2.38. The van der Waals surface area contributed by atoms with Crippen LogP contribution in [0.1, 0.15) is 24.1 Å². The van der Waals surface area contributed by atoms with Crippen LogP contribution in [0.2, 0.25) is 0 Å². The predicted octanol–water partition coefficient (Wildman–Crippen LogP) is 1.80. The van der Waals surface area contributed by atoms with Crippen molar-refractivity contribution in [2.24, 2.45) is 7.05 Å². The molecule has 8 nitrogen and oxygen atoms in total. The lowest BCUT2D eigenvalue weighted by molar-refractivity contribution is -0.384. The number of aryl methyl sites for hydroxylation is 3. The molecule has 0 radical (unpaired) electrons. The first-order chi connectivity index (χ1) is 9.02. The normalized spacial score (nSPS) is 10.7. The van der Waals surface area contributed by atoms with Crippen LogP contribution in [0.5, 0.6) is 0 Å². The second kappa shape index (κ2) is 5.09. The summed E-state index contributed by atoms with van der Waals surface area (Å²) in [6.07, 6.45) is 0.509. The molecule has 1 N–H and O–H groups in total. The predicted molar refractivity (Wildman–Crippen MR) is 67.8 cm³/mol. The van der Waals surface area contributed by atoms with Crippen molar-refractivity contribution < 1.29 is 9.45 Å². The smallest absolute Gasteiger partial charge is 0.333 e. The summed E-state index contributed by atoms with van der Waals surface area (Å²) in [6, 6.07) is 1.77. The van der Waals surface area contributed by atoms with E-state index < -0.39 is 4.92 Å². The fraction of sp³-hybridized carbons (Fsp3) is 0.455. The lowest BCUT2D eigenvalue weighted by atomic mass is 10.3. The maximum atomic E-state index is 11.1. The minimum absolute atomic E-state index is 0.0187. The monoisotopic (exact) mass is 265 g/mol. The minimum atomic E-state index is -0.414. The van der Waals surface area contributed by atoms with Gasteiger partial charge in [-0.1, -0.05) is 12.1 Å². The summed E-state index contributed by atoms with van der Waals surface area (Å²) in [4.78, 5) is 10.7. The van der Waals surface area contributed by atoms with Crippen LogP contribution in [-0.2, 0) is 20.0 Å². The molecule has 0 bridgehead atoms. The van der Waals surface area contributed by atoms with Gasteiger partial charge in [-0.25, -0.2) is 4.68 Å². The molecule has 2 aromatic rings. The Morgan fingerprint density at radius 3 is 2.84 bits per heavy atom. The van der Waals surface area contributed by atoms with Gasteiger partial charge in [-0.3, -0.25) is 10.1 Å². The number of nitrogens with zero attached hydrogens (tertiary/aromatic N) is 4. The first kappa shape index (κ1) is 13.1. The molecular formula is C11H15N5O3. The summed E-state index contributed by atoms with van der Waals surface area (Å²) < 4.78 is 6.42. The van der Waals surface area contributed by atoms with Gasteiger partial charge in [0.05, 0.1) is 11.5 Å². The van der Waals surface area contributed by atoms with E-state index in [0.717, 1.165) is 0 Å². The fourth-order valence-corrected chi connectivity index (χ4v) is 1.87. The summed E-state index contributed by atoms with van der Waals surface area (Å²) in [7, 11) is 1.67. The number of anilines is 1. The Kier molecular flexibility index (Phi) is 3.50. The quantitative estimate of drug-likeness (QED) is 0.653. The molecule has 0 amide bonds. The van der Waals surface area contributed by atoms with Gasteiger partial charge in [0.25, 0.3) is 0 Å². The van der Waals surface area contributed by atoms with Gasteiger partial charge in [0, 0.05) is 13.1 Å². The standard InChI is InChI=1S/C11H15N5O3/c1-4-9-10(16(17)18)11(15(3)13-9)12-6-8-5-7(2)19-14-8/h5,12H,4,6H2,1-3H3. The number of hydrogen-bond donors (Lipinski definition) is 1. The molecular weight excluding hydrogens is 250 g/mol. The molecule has 2 heterocycles. The minimum Gasteiger partial charge on any atom is -0.361 e. The second-order valence-electron chi connectivity index (χ2n) is 4.16. The SMILES string of the molecule is CCc1nn(C)c(NCc2cc(C)on2)c1[N+](=O)[O-]. The highest BCUT2D eigenvalue weighted by Crippen LogP contribution is 2.28. The third-order valence-corrected chi connectivity index (χ3v) is 2.72. The second-order valence-corrected chi connectivity index (χ2v) is 4.16. The number of nitro groups is 1. The third kappa shape index (κ3) is 2.56. The van der Waals surface area contributed by atoms with Crippen molar-refractivity contribution in [3.8, 4) is 0 Å².